The number of ketones is 1. The molecule has 2 aliphatic heterocycles. The van der Waals surface area contributed by atoms with Crippen molar-refractivity contribution in [3.63, 3.8) is 0 Å². The van der Waals surface area contributed by atoms with E-state index in [0.717, 1.165) is 47.9 Å². The van der Waals surface area contributed by atoms with Crippen molar-refractivity contribution in [1.29, 1.82) is 0 Å². The Morgan fingerprint density at radius 2 is 1.75 bits per heavy atom. The number of anilines is 1. The van der Waals surface area contributed by atoms with E-state index in [2.05, 4.69) is 31.2 Å². The van der Waals surface area contributed by atoms with Gasteiger partial charge in [-0.3, -0.25) is 14.4 Å². The predicted molar refractivity (Wildman–Crippen MR) is 193 cm³/mol. The SMILES string of the molecule is Cc1cc(C(=O)NC2CNCC(F)(F)C2)ccc1-c1ccc(C[C@H](CC(=O)C2CCC(CN)CC2)C(=O)Nc2ccc(C3=NCN=N3)c(F)c2)cc1. The molecule has 0 spiro atoms. The van der Waals surface area contributed by atoms with Crippen LogP contribution in [0.4, 0.5) is 18.9 Å². The number of azo groups is 1. The van der Waals surface area contributed by atoms with E-state index in [0.29, 0.717) is 24.4 Å². The lowest BCUT2D eigenvalue weighted by Crippen LogP contribution is -2.53. The van der Waals surface area contributed by atoms with Gasteiger partial charge in [0.15, 0.2) is 12.5 Å². The van der Waals surface area contributed by atoms with Gasteiger partial charge >= 0.3 is 0 Å². The molecule has 2 atom stereocenters. The lowest BCUT2D eigenvalue weighted by molar-refractivity contribution is -0.129. The highest BCUT2D eigenvalue weighted by molar-refractivity contribution is 6.01. The highest BCUT2D eigenvalue weighted by atomic mass is 19.3. The molecule has 6 rings (SSSR count). The molecule has 2 fully saturated rings. The molecule has 1 unspecified atom stereocenters. The second kappa shape index (κ2) is 16.3. The fourth-order valence-corrected chi connectivity index (χ4v) is 7.31. The normalized spacial score (nSPS) is 21.6. The fraction of sp³-hybridized carbons (Fsp3) is 0.436. The minimum Gasteiger partial charge on any atom is -0.348 e. The van der Waals surface area contributed by atoms with Crippen molar-refractivity contribution in [2.24, 2.45) is 38.7 Å². The number of amidine groups is 1. The minimum absolute atomic E-state index is 0.0478. The molecule has 2 amide bonds. The number of Topliss-reactive ketones (excluding diaryl/α,β-unsaturated/α-hetero) is 1. The Morgan fingerprint density at radius 3 is 2.40 bits per heavy atom. The van der Waals surface area contributed by atoms with Crippen LogP contribution in [0.15, 0.2) is 75.9 Å². The number of nitrogens with two attached hydrogens (primary N) is 1. The molecule has 10 nitrogen and oxygen atoms in total. The number of nitrogens with zero attached hydrogens (tertiary/aromatic N) is 3. The maximum absolute atomic E-state index is 15.0. The molecule has 52 heavy (non-hydrogen) atoms. The van der Waals surface area contributed by atoms with Crippen LogP contribution in [-0.4, -0.2) is 61.7 Å². The molecule has 3 aliphatic rings. The number of amides is 2. The van der Waals surface area contributed by atoms with Crippen LogP contribution >= 0.6 is 0 Å². The number of piperidine rings is 1. The van der Waals surface area contributed by atoms with Crippen molar-refractivity contribution >= 4 is 29.1 Å². The third kappa shape index (κ3) is 9.18. The van der Waals surface area contributed by atoms with Gasteiger partial charge in [-0.2, -0.15) is 5.11 Å². The number of aryl methyl sites for hydroxylation is 1. The van der Waals surface area contributed by atoms with Gasteiger partial charge in [0.25, 0.3) is 11.8 Å². The van der Waals surface area contributed by atoms with Gasteiger partial charge in [-0.1, -0.05) is 30.3 Å². The summed E-state index contributed by atoms with van der Waals surface area (Å²) in [6.45, 7) is 2.52. The molecule has 274 valence electrons. The molecule has 1 aliphatic carbocycles. The average molecular weight is 716 g/mol. The summed E-state index contributed by atoms with van der Waals surface area (Å²) >= 11 is 0. The van der Waals surface area contributed by atoms with Crippen molar-refractivity contribution in [2.75, 3.05) is 31.6 Å². The zero-order valence-electron chi connectivity index (χ0n) is 29.1. The third-order valence-electron chi connectivity index (χ3n) is 10.3. The number of aliphatic imine (C=N–C) groups is 1. The van der Waals surface area contributed by atoms with E-state index in [1.165, 1.54) is 12.1 Å². The number of carbonyl (C=O) groups is 3. The lowest BCUT2D eigenvalue weighted by atomic mass is 9.77. The Bertz CT molecular complexity index is 1860. The van der Waals surface area contributed by atoms with E-state index >= 15 is 0 Å². The topological polar surface area (TPSA) is 150 Å². The maximum Gasteiger partial charge on any atom is 0.262 e. The smallest absolute Gasteiger partial charge is 0.262 e. The van der Waals surface area contributed by atoms with Gasteiger partial charge in [-0.05, 0) is 104 Å². The molecule has 13 heteroatoms. The quantitative estimate of drug-likeness (QED) is 0.176. The van der Waals surface area contributed by atoms with Gasteiger partial charge in [0, 0.05) is 48.5 Å². The number of benzene rings is 3. The second-order valence-electron chi connectivity index (χ2n) is 14.2. The molecule has 2 heterocycles. The summed E-state index contributed by atoms with van der Waals surface area (Å²) in [4.78, 5) is 44.2. The predicted octanol–water partition coefficient (Wildman–Crippen LogP) is 6.22. The van der Waals surface area contributed by atoms with Crippen molar-refractivity contribution in [1.82, 2.24) is 10.6 Å². The first kappa shape index (κ1) is 37.0. The highest BCUT2D eigenvalue weighted by Gasteiger charge is 2.37. The number of rotatable bonds is 12. The van der Waals surface area contributed by atoms with Crippen LogP contribution in [-0.2, 0) is 16.0 Å². The molecule has 0 aromatic heterocycles. The maximum atomic E-state index is 15.0. The summed E-state index contributed by atoms with van der Waals surface area (Å²) in [7, 11) is 0. The van der Waals surface area contributed by atoms with Crippen LogP contribution in [0, 0.1) is 30.5 Å². The van der Waals surface area contributed by atoms with Crippen molar-refractivity contribution in [3.8, 4) is 11.1 Å². The average Bonchev–Trinajstić information content (AvgIpc) is 3.66. The Hall–Kier alpha value is -4.75. The number of halogens is 3. The van der Waals surface area contributed by atoms with Gasteiger partial charge < -0.3 is 21.7 Å². The first-order valence-electron chi connectivity index (χ1n) is 17.8. The zero-order chi connectivity index (χ0) is 36.8. The zero-order valence-corrected chi connectivity index (χ0v) is 29.1. The van der Waals surface area contributed by atoms with Crippen molar-refractivity contribution < 1.29 is 27.6 Å². The summed E-state index contributed by atoms with van der Waals surface area (Å²) < 4.78 is 42.5. The molecule has 1 saturated carbocycles. The summed E-state index contributed by atoms with van der Waals surface area (Å²) in [5, 5.41) is 15.8. The molecule has 0 bridgehead atoms. The minimum atomic E-state index is -2.86. The van der Waals surface area contributed by atoms with E-state index in [1.54, 1.807) is 18.2 Å². The van der Waals surface area contributed by atoms with Crippen LogP contribution < -0.4 is 21.7 Å². The van der Waals surface area contributed by atoms with Crippen molar-refractivity contribution in [2.45, 2.75) is 63.8 Å². The van der Waals surface area contributed by atoms with Crippen LogP contribution in [0.25, 0.3) is 11.1 Å². The summed E-state index contributed by atoms with van der Waals surface area (Å²) in [5.41, 5.74) is 10.2. The monoisotopic (exact) mass is 715 g/mol. The Morgan fingerprint density at radius 1 is 1.00 bits per heavy atom. The van der Waals surface area contributed by atoms with Gasteiger partial charge in [0.2, 0.25) is 5.91 Å². The Labute approximate surface area is 301 Å². The van der Waals surface area contributed by atoms with Gasteiger partial charge in [-0.15, -0.1) is 5.11 Å². The molecule has 0 radical (unpaired) electrons. The first-order chi connectivity index (χ1) is 25.0. The second-order valence-corrected chi connectivity index (χ2v) is 14.2. The highest BCUT2D eigenvalue weighted by Crippen LogP contribution is 2.32. The number of hydrogen-bond acceptors (Lipinski definition) is 8. The third-order valence-corrected chi connectivity index (χ3v) is 10.3. The van der Waals surface area contributed by atoms with E-state index in [-0.39, 0.29) is 54.3 Å². The fourth-order valence-electron chi connectivity index (χ4n) is 7.31. The summed E-state index contributed by atoms with van der Waals surface area (Å²) in [6.07, 6.45) is 3.24. The van der Waals surface area contributed by atoms with Gasteiger partial charge in [-0.25, -0.2) is 18.2 Å². The summed E-state index contributed by atoms with van der Waals surface area (Å²) in [6, 6.07) is 16.5. The van der Waals surface area contributed by atoms with E-state index in [1.807, 2.05) is 37.3 Å². The number of nitrogens with one attached hydrogen (secondary N) is 3. The standard InChI is InChI=1S/C39H44F3N7O3/c1-23-14-28(37(51)48-31-18-39(41,42)21-44-20-31)10-12-32(23)26-6-2-24(3-7-26)15-29(16-35(50)27-8-4-25(19-43)5-9-27)38(52)47-30-11-13-33(34(40)17-30)36-45-22-46-49-36/h2-3,6-7,10-14,17,25,27,29,31,44H,4-5,8-9,15-16,18-22,43H2,1H3,(H,47,52)(H,48,51)/t25?,27?,29-,31?/m1/s1. The largest absolute Gasteiger partial charge is 0.348 e. The molecular formula is C39H44F3N7O3. The van der Waals surface area contributed by atoms with Gasteiger partial charge in [0.1, 0.15) is 11.6 Å². The molecule has 3 aromatic rings. The number of alkyl halides is 2. The van der Waals surface area contributed by atoms with Crippen LogP contribution in [0.5, 0.6) is 0 Å². The van der Waals surface area contributed by atoms with Crippen LogP contribution in [0.2, 0.25) is 0 Å². The van der Waals surface area contributed by atoms with Crippen molar-refractivity contribution in [3.05, 3.63) is 88.7 Å². The van der Waals surface area contributed by atoms with E-state index in [9.17, 15) is 27.6 Å². The summed E-state index contributed by atoms with van der Waals surface area (Å²) in [5.74, 6) is -4.39. The Kier molecular flexibility index (Phi) is 11.6. The van der Waals surface area contributed by atoms with Gasteiger partial charge in [0.05, 0.1) is 12.1 Å². The van der Waals surface area contributed by atoms with Crippen LogP contribution in [0.3, 0.4) is 0 Å². The first-order valence-corrected chi connectivity index (χ1v) is 17.8. The molecule has 1 saturated heterocycles. The van der Waals surface area contributed by atoms with Crippen LogP contribution in [0.1, 0.15) is 65.6 Å². The number of hydrogen-bond donors (Lipinski definition) is 4. The Balaban J connectivity index is 1.14. The molecular weight excluding hydrogens is 671 g/mol. The number of carbonyl (C=O) groups excluding carboxylic acids is 3. The van der Waals surface area contributed by atoms with E-state index < -0.39 is 42.6 Å². The lowest BCUT2D eigenvalue weighted by Gasteiger charge is -2.30. The molecule has 5 N–H and O–H groups in total. The van der Waals surface area contributed by atoms with E-state index in [4.69, 9.17) is 5.73 Å². The molecule has 3 aromatic carbocycles.